The molecule has 0 radical (unpaired) electrons. The van der Waals surface area contributed by atoms with Crippen molar-refractivity contribution in [3.05, 3.63) is 44.3 Å². The molecule has 0 bridgehead atoms. The lowest BCUT2D eigenvalue weighted by atomic mass is 10.2. The summed E-state index contributed by atoms with van der Waals surface area (Å²) in [6.07, 6.45) is 0. The molecule has 0 aliphatic rings. The molecular formula is C14H14BrFN2OS. The highest BCUT2D eigenvalue weighted by molar-refractivity contribution is 9.10. The number of amides is 1. The van der Waals surface area contributed by atoms with E-state index < -0.39 is 0 Å². The highest BCUT2D eigenvalue weighted by atomic mass is 79.9. The first kappa shape index (κ1) is 15.0. The van der Waals surface area contributed by atoms with Crippen molar-refractivity contribution in [3.63, 3.8) is 0 Å². The van der Waals surface area contributed by atoms with Crippen molar-refractivity contribution in [2.75, 3.05) is 10.6 Å². The molecule has 3 nitrogen and oxygen atoms in total. The molecule has 0 spiro atoms. The van der Waals surface area contributed by atoms with Gasteiger partial charge in [-0.15, -0.1) is 11.3 Å². The Morgan fingerprint density at radius 2 is 2.15 bits per heavy atom. The Balaban J connectivity index is 2.11. The first-order valence-corrected chi connectivity index (χ1v) is 7.68. The van der Waals surface area contributed by atoms with Gasteiger partial charge in [-0.05, 0) is 52.0 Å². The van der Waals surface area contributed by atoms with Gasteiger partial charge in [-0.25, -0.2) is 4.39 Å². The molecule has 2 N–H and O–H groups in total. The number of carbonyl (C=O) groups is 1. The second-order valence-electron chi connectivity index (χ2n) is 4.37. The van der Waals surface area contributed by atoms with E-state index >= 15 is 0 Å². The number of hydrogen-bond donors (Lipinski definition) is 2. The quantitative estimate of drug-likeness (QED) is 0.844. The van der Waals surface area contributed by atoms with Crippen LogP contribution in [0.3, 0.4) is 0 Å². The van der Waals surface area contributed by atoms with Crippen molar-refractivity contribution in [1.29, 1.82) is 0 Å². The van der Waals surface area contributed by atoms with Gasteiger partial charge in [-0.2, -0.15) is 0 Å². The Labute approximate surface area is 129 Å². The molecule has 0 atom stereocenters. The molecular weight excluding hydrogens is 343 g/mol. The normalized spacial score (nSPS) is 10.4. The maximum Gasteiger partial charge on any atom is 0.221 e. The number of aryl methyl sites for hydroxylation is 1. The summed E-state index contributed by atoms with van der Waals surface area (Å²) in [5.74, 6) is -0.367. The van der Waals surface area contributed by atoms with E-state index in [1.54, 1.807) is 17.4 Å². The topological polar surface area (TPSA) is 41.1 Å². The van der Waals surface area contributed by atoms with Gasteiger partial charge in [0.2, 0.25) is 5.91 Å². The van der Waals surface area contributed by atoms with Gasteiger partial charge in [-0.3, -0.25) is 4.79 Å². The van der Waals surface area contributed by atoms with E-state index in [0.717, 1.165) is 21.8 Å². The van der Waals surface area contributed by atoms with E-state index in [1.165, 1.54) is 13.0 Å². The molecule has 6 heteroatoms. The lowest BCUT2D eigenvalue weighted by Gasteiger charge is -2.11. The van der Waals surface area contributed by atoms with Crippen LogP contribution in [0.15, 0.2) is 28.1 Å². The number of nitrogens with one attached hydrogen (secondary N) is 2. The predicted molar refractivity (Wildman–Crippen MR) is 84.8 cm³/mol. The third kappa shape index (κ3) is 3.58. The largest absolute Gasteiger partial charge is 0.380 e. The number of rotatable bonds is 4. The van der Waals surface area contributed by atoms with E-state index in [1.807, 2.05) is 18.4 Å². The standard InChI is InChI=1S/C14H14BrFN2OS/c1-8-5-11(16)10(15)6-13(8)17-7-14-12(3-4-20-14)18-9(2)19/h3-6,17H,7H2,1-2H3,(H,18,19). The summed E-state index contributed by atoms with van der Waals surface area (Å²) in [6.45, 7) is 3.91. The fourth-order valence-corrected chi connectivity index (χ4v) is 2.90. The lowest BCUT2D eigenvalue weighted by Crippen LogP contribution is -2.08. The lowest BCUT2D eigenvalue weighted by molar-refractivity contribution is -0.114. The van der Waals surface area contributed by atoms with Crippen molar-refractivity contribution in [1.82, 2.24) is 0 Å². The summed E-state index contributed by atoms with van der Waals surface area (Å²) in [5, 5.41) is 7.97. The molecule has 0 saturated heterocycles. The minimum absolute atomic E-state index is 0.0923. The zero-order valence-corrected chi connectivity index (χ0v) is 13.5. The maximum atomic E-state index is 13.4. The second kappa shape index (κ2) is 6.37. The van der Waals surface area contributed by atoms with Crippen LogP contribution in [0.25, 0.3) is 0 Å². The van der Waals surface area contributed by atoms with Crippen LogP contribution in [0, 0.1) is 12.7 Å². The number of anilines is 2. The van der Waals surface area contributed by atoms with Gasteiger partial charge in [0.25, 0.3) is 0 Å². The van der Waals surface area contributed by atoms with Crippen molar-refractivity contribution in [2.24, 2.45) is 0 Å². The first-order valence-electron chi connectivity index (χ1n) is 6.01. The van der Waals surface area contributed by atoms with Crippen molar-refractivity contribution >= 4 is 44.5 Å². The Morgan fingerprint density at radius 3 is 2.85 bits per heavy atom. The summed E-state index contributed by atoms with van der Waals surface area (Å²) in [5.41, 5.74) is 2.51. The molecule has 0 fully saturated rings. The molecule has 0 aliphatic heterocycles. The van der Waals surface area contributed by atoms with Crippen molar-refractivity contribution in [3.8, 4) is 0 Å². The van der Waals surface area contributed by atoms with Crippen LogP contribution in [0.2, 0.25) is 0 Å². The van der Waals surface area contributed by atoms with E-state index in [2.05, 4.69) is 26.6 Å². The maximum absolute atomic E-state index is 13.4. The van der Waals surface area contributed by atoms with Gasteiger partial charge < -0.3 is 10.6 Å². The van der Waals surface area contributed by atoms with Gasteiger partial charge in [0.05, 0.1) is 16.7 Å². The van der Waals surface area contributed by atoms with Gasteiger partial charge >= 0.3 is 0 Å². The SMILES string of the molecule is CC(=O)Nc1ccsc1CNc1cc(Br)c(F)cc1C. The molecule has 20 heavy (non-hydrogen) atoms. The smallest absolute Gasteiger partial charge is 0.221 e. The Kier molecular flexibility index (Phi) is 4.77. The van der Waals surface area contributed by atoms with Crippen molar-refractivity contribution < 1.29 is 9.18 Å². The fourth-order valence-electron chi connectivity index (χ4n) is 1.79. The fraction of sp³-hybridized carbons (Fsp3) is 0.214. The van der Waals surface area contributed by atoms with E-state index in [-0.39, 0.29) is 11.7 Å². The van der Waals surface area contributed by atoms with E-state index in [0.29, 0.717) is 11.0 Å². The Morgan fingerprint density at radius 1 is 1.40 bits per heavy atom. The number of halogens is 2. The number of benzene rings is 1. The van der Waals surface area contributed by atoms with Crippen LogP contribution < -0.4 is 10.6 Å². The predicted octanol–water partition coefficient (Wildman–Crippen LogP) is 4.53. The monoisotopic (exact) mass is 356 g/mol. The molecule has 106 valence electrons. The zero-order chi connectivity index (χ0) is 14.7. The summed E-state index contributed by atoms with van der Waals surface area (Å²) in [7, 11) is 0. The van der Waals surface area contributed by atoms with Crippen LogP contribution in [-0.4, -0.2) is 5.91 Å². The highest BCUT2D eigenvalue weighted by Gasteiger charge is 2.08. The van der Waals surface area contributed by atoms with Crippen molar-refractivity contribution in [2.45, 2.75) is 20.4 Å². The first-order chi connectivity index (χ1) is 9.47. The van der Waals surface area contributed by atoms with Crippen LogP contribution in [0.4, 0.5) is 15.8 Å². The summed E-state index contributed by atoms with van der Waals surface area (Å²) in [6, 6.07) is 5.07. The highest BCUT2D eigenvalue weighted by Crippen LogP contribution is 2.27. The van der Waals surface area contributed by atoms with Crippen LogP contribution in [0.1, 0.15) is 17.4 Å². The number of thiophene rings is 1. The number of carbonyl (C=O) groups excluding carboxylic acids is 1. The van der Waals surface area contributed by atoms with Crippen LogP contribution in [-0.2, 0) is 11.3 Å². The molecule has 1 aromatic carbocycles. The minimum Gasteiger partial charge on any atom is -0.380 e. The molecule has 1 amide bonds. The third-order valence-electron chi connectivity index (χ3n) is 2.76. The minimum atomic E-state index is -0.275. The average molecular weight is 357 g/mol. The summed E-state index contributed by atoms with van der Waals surface area (Å²) < 4.78 is 13.8. The van der Waals surface area contributed by atoms with Crippen LogP contribution in [0.5, 0.6) is 0 Å². The molecule has 0 aliphatic carbocycles. The summed E-state index contributed by atoms with van der Waals surface area (Å²) in [4.78, 5) is 12.1. The molecule has 2 rings (SSSR count). The zero-order valence-electron chi connectivity index (χ0n) is 11.1. The molecule has 2 aromatic rings. The van der Waals surface area contributed by atoms with Crippen LogP contribution >= 0.6 is 27.3 Å². The average Bonchev–Trinajstić information content (AvgIpc) is 2.79. The molecule has 1 aromatic heterocycles. The molecule has 1 heterocycles. The van der Waals surface area contributed by atoms with Gasteiger partial charge in [-0.1, -0.05) is 0 Å². The Bertz CT molecular complexity index is 642. The third-order valence-corrected chi connectivity index (χ3v) is 4.29. The second-order valence-corrected chi connectivity index (χ2v) is 6.23. The van der Waals surface area contributed by atoms with Gasteiger partial charge in [0.1, 0.15) is 5.82 Å². The van der Waals surface area contributed by atoms with Gasteiger partial charge in [0.15, 0.2) is 0 Å². The molecule has 0 saturated carbocycles. The summed E-state index contributed by atoms with van der Waals surface area (Å²) >= 11 is 4.74. The number of hydrogen-bond acceptors (Lipinski definition) is 3. The van der Waals surface area contributed by atoms with E-state index in [9.17, 15) is 9.18 Å². The van der Waals surface area contributed by atoms with Gasteiger partial charge in [0, 0.05) is 17.5 Å². The molecule has 0 unspecified atom stereocenters. The van der Waals surface area contributed by atoms with E-state index in [4.69, 9.17) is 0 Å². The Hall–Kier alpha value is -1.40.